The zero-order chi connectivity index (χ0) is 15.5. The summed E-state index contributed by atoms with van der Waals surface area (Å²) in [7, 11) is 0. The Kier molecular flexibility index (Phi) is 4.44. The Bertz CT molecular complexity index is 660. The molecule has 2 atom stereocenters. The average molecular weight is 296 g/mol. The molecule has 0 saturated carbocycles. The molecule has 3 heteroatoms. The molecule has 1 fully saturated rings. The van der Waals surface area contributed by atoms with Crippen LogP contribution in [0.15, 0.2) is 42.5 Å². The Balaban J connectivity index is 1.76. The number of fused-ring (bicyclic) bond motifs is 1. The molecule has 0 radical (unpaired) electrons. The van der Waals surface area contributed by atoms with Crippen molar-refractivity contribution in [1.82, 2.24) is 4.90 Å². The Morgan fingerprint density at radius 1 is 1.27 bits per heavy atom. The highest BCUT2D eigenvalue weighted by molar-refractivity contribution is 5.90. The van der Waals surface area contributed by atoms with E-state index in [0.717, 1.165) is 31.5 Å². The first-order chi connectivity index (χ1) is 10.6. The molecule has 0 bridgehead atoms. The van der Waals surface area contributed by atoms with Gasteiger partial charge in [-0.25, -0.2) is 0 Å². The van der Waals surface area contributed by atoms with E-state index in [1.807, 2.05) is 30.0 Å². The van der Waals surface area contributed by atoms with Crippen LogP contribution in [-0.2, 0) is 11.2 Å². The van der Waals surface area contributed by atoms with E-state index in [1.165, 1.54) is 10.8 Å². The van der Waals surface area contributed by atoms with Crippen molar-refractivity contribution < 1.29 is 4.79 Å². The van der Waals surface area contributed by atoms with Gasteiger partial charge in [-0.3, -0.25) is 4.79 Å². The molecule has 0 aliphatic carbocycles. The van der Waals surface area contributed by atoms with Crippen LogP contribution in [0.2, 0.25) is 0 Å². The lowest BCUT2D eigenvalue weighted by molar-refractivity contribution is -0.132. The lowest BCUT2D eigenvalue weighted by atomic mass is 9.91. The lowest BCUT2D eigenvalue weighted by Gasteiger charge is -2.34. The number of benzene rings is 2. The standard InChI is InChI=1S/C19H24N2O/c1-14(20)17-9-5-11-21(13-17)19(22)12-16-8-4-7-15-6-2-3-10-18(15)16/h2-4,6-8,10,14,17H,5,9,11-13,20H2,1H3/t14-,17-/m0/s1. The van der Waals surface area contributed by atoms with Crippen molar-refractivity contribution in [2.75, 3.05) is 13.1 Å². The van der Waals surface area contributed by atoms with Crippen LogP contribution in [0, 0.1) is 5.92 Å². The summed E-state index contributed by atoms with van der Waals surface area (Å²) in [5.41, 5.74) is 7.14. The van der Waals surface area contributed by atoms with Crippen molar-refractivity contribution in [1.29, 1.82) is 0 Å². The van der Waals surface area contributed by atoms with Crippen LogP contribution in [0.25, 0.3) is 10.8 Å². The first-order valence-electron chi connectivity index (χ1n) is 8.15. The third kappa shape index (κ3) is 3.14. The minimum Gasteiger partial charge on any atom is -0.342 e. The fourth-order valence-electron chi connectivity index (χ4n) is 3.39. The smallest absolute Gasteiger partial charge is 0.227 e. The van der Waals surface area contributed by atoms with Gasteiger partial charge in [0.25, 0.3) is 0 Å². The van der Waals surface area contributed by atoms with E-state index in [9.17, 15) is 4.79 Å². The number of rotatable bonds is 3. The maximum absolute atomic E-state index is 12.7. The van der Waals surface area contributed by atoms with Gasteiger partial charge in [0.2, 0.25) is 5.91 Å². The van der Waals surface area contributed by atoms with Crippen LogP contribution in [-0.4, -0.2) is 29.9 Å². The molecule has 0 spiro atoms. The Labute approximate surface area is 132 Å². The Morgan fingerprint density at radius 3 is 2.86 bits per heavy atom. The first kappa shape index (κ1) is 15.0. The van der Waals surface area contributed by atoms with E-state index in [2.05, 4.69) is 24.3 Å². The number of piperidine rings is 1. The summed E-state index contributed by atoms with van der Waals surface area (Å²) in [4.78, 5) is 14.7. The third-order valence-corrected chi connectivity index (χ3v) is 4.78. The van der Waals surface area contributed by atoms with Gasteiger partial charge >= 0.3 is 0 Å². The van der Waals surface area contributed by atoms with Crippen molar-refractivity contribution in [2.45, 2.75) is 32.2 Å². The topological polar surface area (TPSA) is 46.3 Å². The summed E-state index contributed by atoms with van der Waals surface area (Å²) in [6.07, 6.45) is 2.68. The van der Waals surface area contributed by atoms with Gasteiger partial charge in [0.05, 0.1) is 6.42 Å². The van der Waals surface area contributed by atoms with Crippen LogP contribution in [0.1, 0.15) is 25.3 Å². The molecular formula is C19H24N2O. The lowest BCUT2D eigenvalue weighted by Crippen LogP contribution is -2.45. The predicted molar refractivity (Wildman–Crippen MR) is 90.6 cm³/mol. The molecule has 3 rings (SSSR count). The molecule has 2 aromatic carbocycles. The molecular weight excluding hydrogens is 272 g/mol. The molecule has 0 aromatic heterocycles. The minimum atomic E-state index is 0.160. The number of likely N-dealkylation sites (tertiary alicyclic amines) is 1. The van der Waals surface area contributed by atoms with E-state index in [0.29, 0.717) is 12.3 Å². The summed E-state index contributed by atoms with van der Waals surface area (Å²) in [6, 6.07) is 14.6. The molecule has 22 heavy (non-hydrogen) atoms. The summed E-state index contributed by atoms with van der Waals surface area (Å²) in [5, 5.41) is 2.37. The second kappa shape index (κ2) is 6.49. The molecule has 3 nitrogen and oxygen atoms in total. The highest BCUT2D eigenvalue weighted by Crippen LogP contribution is 2.22. The maximum atomic E-state index is 12.7. The van der Waals surface area contributed by atoms with Crippen LogP contribution in [0.3, 0.4) is 0 Å². The van der Waals surface area contributed by atoms with Gasteiger partial charge in [-0.15, -0.1) is 0 Å². The molecule has 1 amide bonds. The Hall–Kier alpha value is -1.87. The summed E-state index contributed by atoms with van der Waals surface area (Å²) in [5.74, 6) is 0.659. The summed E-state index contributed by atoms with van der Waals surface area (Å²) < 4.78 is 0. The number of nitrogens with two attached hydrogens (primary N) is 1. The van der Waals surface area contributed by atoms with Crippen LogP contribution < -0.4 is 5.73 Å². The highest BCUT2D eigenvalue weighted by atomic mass is 16.2. The van der Waals surface area contributed by atoms with Crippen LogP contribution in [0.5, 0.6) is 0 Å². The number of nitrogens with zero attached hydrogens (tertiary/aromatic N) is 1. The highest BCUT2D eigenvalue weighted by Gasteiger charge is 2.25. The minimum absolute atomic E-state index is 0.160. The second-order valence-electron chi connectivity index (χ2n) is 6.42. The number of hydrogen-bond acceptors (Lipinski definition) is 2. The van der Waals surface area contributed by atoms with E-state index >= 15 is 0 Å². The number of carbonyl (C=O) groups excluding carboxylic acids is 1. The molecule has 1 aliphatic rings. The molecule has 1 aliphatic heterocycles. The SMILES string of the molecule is C[C@H](N)[C@H]1CCCN(C(=O)Cc2cccc3ccccc23)C1. The molecule has 1 heterocycles. The average Bonchev–Trinajstić information content (AvgIpc) is 2.55. The van der Waals surface area contributed by atoms with Crippen LogP contribution >= 0.6 is 0 Å². The van der Waals surface area contributed by atoms with Gasteiger partial charge < -0.3 is 10.6 Å². The monoisotopic (exact) mass is 296 g/mol. The van der Waals surface area contributed by atoms with Crippen molar-refractivity contribution in [3.63, 3.8) is 0 Å². The zero-order valence-electron chi connectivity index (χ0n) is 13.2. The predicted octanol–water partition coefficient (Wildman–Crippen LogP) is 2.97. The van der Waals surface area contributed by atoms with Crippen molar-refractivity contribution in [2.24, 2.45) is 11.7 Å². The fourth-order valence-corrected chi connectivity index (χ4v) is 3.39. The fraction of sp³-hybridized carbons (Fsp3) is 0.421. The zero-order valence-corrected chi connectivity index (χ0v) is 13.2. The number of amides is 1. The van der Waals surface area contributed by atoms with Gasteiger partial charge in [0.1, 0.15) is 0 Å². The van der Waals surface area contributed by atoms with E-state index in [1.54, 1.807) is 0 Å². The number of carbonyl (C=O) groups is 1. The summed E-state index contributed by atoms with van der Waals surface area (Å²) in [6.45, 7) is 3.72. The van der Waals surface area contributed by atoms with Crippen LogP contribution in [0.4, 0.5) is 0 Å². The molecule has 1 saturated heterocycles. The first-order valence-corrected chi connectivity index (χ1v) is 8.15. The quantitative estimate of drug-likeness (QED) is 0.946. The largest absolute Gasteiger partial charge is 0.342 e. The molecule has 116 valence electrons. The Morgan fingerprint density at radius 2 is 2.05 bits per heavy atom. The van der Waals surface area contributed by atoms with Gasteiger partial charge in [-0.2, -0.15) is 0 Å². The van der Waals surface area contributed by atoms with Gasteiger partial charge in [0.15, 0.2) is 0 Å². The summed E-state index contributed by atoms with van der Waals surface area (Å²) >= 11 is 0. The van der Waals surface area contributed by atoms with E-state index in [4.69, 9.17) is 5.73 Å². The van der Waals surface area contributed by atoms with E-state index in [-0.39, 0.29) is 11.9 Å². The van der Waals surface area contributed by atoms with Gasteiger partial charge in [-0.05, 0) is 42.0 Å². The normalized spacial score (nSPS) is 20.1. The van der Waals surface area contributed by atoms with E-state index < -0.39 is 0 Å². The maximum Gasteiger partial charge on any atom is 0.227 e. The third-order valence-electron chi connectivity index (χ3n) is 4.78. The molecule has 0 unspecified atom stereocenters. The number of hydrogen-bond donors (Lipinski definition) is 1. The molecule has 2 aromatic rings. The van der Waals surface area contributed by atoms with Crippen molar-refractivity contribution in [3.05, 3.63) is 48.0 Å². The van der Waals surface area contributed by atoms with Gasteiger partial charge in [-0.1, -0.05) is 42.5 Å². The van der Waals surface area contributed by atoms with Crippen molar-refractivity contribution in [3.8, 4) is 0 Å². The van der Waals surface area contributed by atoms with Gasteiger partial charge in [0, 0.05) is 19.1 Å². The molecule has 2 N–H and O–H groups in total. The van der Waals surface area contributed by atoms with Crippen molar-refractivity contribution >= 4 is 16.7 Å². The second-order valence-corrected chi connectivity index (χ2v) is 6.42.